The highest BCUT2D eigenvalue weighted by molar-refractivity contribution is 6.24. The maximum absolute atomic E-state index is 12.4. The second-order valence-electron chi connectivity index (χ2n) is 5.66. The molecular formula is C18H15N3O6. The largest absolute Gasteiger partial charge is 0.494 e. The van der Waals surface area contributed by atoms with Gasteiger partial charge < -0.3 is 10.1 Å². The Morgan fingerprint density at radius 2 is 1.85 bits per heavy atom. The molecule has 0 atom stereocenters. The van der Waals surface area contributed by atoms with Gasteiger partial charge in [-0.2, -0.15) is 0 Å². The average molecular weight is 369 g/mol. The fourth-order valence-electron chi connectivity index (χ4n) is 2.76. The number of benzene rings is 2. The molecule has 2 aromatic rings. The predicted molar refractivity (Wildman–Crippen MR) is 94.7 cm³/mol. The van der Waals surface area contributed by atoms with Gasteiger partial charge in [0.2, 0.25) is 5.91 Å². The third kappa shape index (κ3) is 3.47. The third-order valence-corrected chi connectivity index (χ3v) is 3.92. The first-order valence-corrected chi connectivity index (χ1v) is 8.08. The molecule has 0 bridgehead atoms. The molecule has 2 aromatic carbocycles. The number of imide groups is 1. The summed E-state index contributed by atoms with van der Waals surface area (Å²) in [6.45, 7) is 1.82. The number of ether oxygens (including phenoxy) is 1. The summed E-state index contributed by atoms with van der Waals surface area (Å²) in [7, 11) is 0. The molecule has 138 valence electrons. The monoisotopic (exact) mass is 369 g/mol. The lowest BCUT2D eigenvalue weighted by Gasteiger charge is -2.13. The summed E-state index contributed by atoms with van der Waals surface area (Å²) in [5.74, 6) is -1.55. The summed E-state index contributed by atoms with van der Waals surface area (Å²) in [6, 6.07) is 10.4. The van der Waals surface area contributed by atoms with Crippen LogP contribution >= 0.6 is 0 Å². The van der Waals surface area contributed by atoms with Crippen LogP contribution in [0.2, 0.25) is 0 Å². The van der Waals surface area contributed by atoms with Crippen molar-refractivity contribution in [2.45, 2.75) is 6.92 Å². The first kappa shape index (κ1) is 18.1. The Hall–Kier alpha value is -3.75. The van der Waals surface area contributed by atoms with Gasteiger partial charge in [-0.15, -0.1) is 0 Å². The van der Waals surface area contributed by atoms with E-state index in [-0.39, 0.29) is 11.1 Å². The Morgan fingerprint density at radius 3 is 2.48 bits per heavy atom. The van der Waals surface area contributed by atoms with Gasteiger partial charge in [-0.1, -0.05) is 6.07 Å². The number of fused-ring (bicyclic) bond motifs is 1. The highest BCUT2D eigenvalue weighted by Gasteiger charge is 2.41. The minimum absolute atomic E-state index is 0.0805. The van der Waals surface area contributed by atoms with Crippen LogP contribution in [-0.2, 0) is 4.79 Å². The molecule has 27 heavy (non-hydrogen) atoms. The van der Waals surface area contributed by atoms with Gasteiger partial charge in [0, 0.05) is 11.8 Å². The molecule has 0 aliphatic carbocycles. The number of carbonyl (C=O) groups excluding carboxylic acids is 3. The smallest absolute Gasteiger partial charge is 0.282 e. The zero-order valence-electron chi connectivity index (χ0n) is 14.3. The molecule has 0 radical (unpaired) electrons. The molecule has 1 N–H and O–H groups in total. The fourth-order valence-corrected chi connectivity index (χ4v) is 2.76. The number of hydrogen-bond acceptors (Lipinski definition) is 6. The van der Waals surface area contributed by atoms with E-state index in [9.17, 15) is 24.5 Å². The van der Waals surface area contributed by atoms with E-state index < -0.39 is 34.9 Å². The van der Waals surface area contributed by atoms with Gasteiger partial charge in [-0.25, -0.2) is 0 Å². The van der Waals surface area contributed by atoms with Crippen molar-refractivity contribution in [1.29, 1.82) is 0 Å². The quantitative estimate of drug-likeness (QED) is 0.474. The Morgan fingerprint density at radius 1 is 1.15 bits per heavy atom. The van der Waals surface area contributed by atoms with Crippen molar-refractivity contribution in [3.05, 3.63) is 63.7 Å². The van der Waals surface area contributed by atoms with E-state index >= 15 is 0 Å². The van der Waals surface area contributed by atoms with Crippen LogP contribution in [0.15, 0.2) is 42.5 Å². The minimum atomic E-state index is -0.857. The van der Waals surface area contributed by atoms with Gasteiger partial charge in [0.15, 0.2) is 0 Å². The standard InChI is InChI=1S/C18H15N3O6/c1-2-27-12-8-6-11(7-9-12)19-15(22)10-20-17(23)13-4-3-5-14(21(25)26)16(13)18(20)24/h3-9H,2,10H2,1H3,(H,19,22). The molecule has 1 heterocycles. The molecule has 9 nitrogen and oxygen atoms in total. The van der Waals surface area contributed by atoms with Crippen LogP contribution in [0.5, 0.6) is 5.75 Å². The molecule has 0 unspecified atom stereocenters. The average Bonchev–Trinajstić information content (AvgIpc) is 2.88. The molecular weight excluding hydrogens is 354 g/mol. The lowest BCUT2D eigenvalue weighted by atomic mass is 10.1. The van der Waals surface area contributed by atoms with Crippen LogP contribution in [0.25, 0.3) is 0 Å². The van der Waals surface area contributed by atoms with Crippen LogP contribution in [0.4, 0.5) is 11.4 Å². The van der Waals surface area contributed by atoms with Gasteiger partial charge in [0.1, 0.15) is 17.9 Å². The molecule has 9 heteroatoms. The van der Waals surface area contributed by atoms with E-state index in [1.807, 2.05) is 6.92 Å². The highest BCUT2D eigenvalue weighted by atomic mass is 16.6. The SMILES string of the molecule is CCOc1ccc(NC(=O)CN2C(=O)c3cccc([N+](=O)[O-])c3C2=O)cc1. The third-order valence-electron chi connectivity index (χ3n) is 3.92. The summed E-state index contributed by atoms with van der Waals surface area (Å²) in [5.41, 5.74) is -0.365. The van der Waals surface area contributed by atoms with E-state index in [1.165, 1.54) is 12.1 Å². The normalized spacial score (nSPS) is 12.7. The summed E-state index contributed by atoms with van der Waals surface area (Å²) in [6.07, 6.45) is 0. The molecule has 0 aromatic heterocycles. The maximum Gasteiger partial charge on any atom is 0.282 e. The van der Waals surface area contributed by atoms with E-state index in [0.29, 0.717) is 22.9 Å². The van der Waals surface area contributed by atoms with Crippen LogP contribution in [0.1, 0.15) is 27.6 Å². The Balaban J connectivity index is 1.73. The number of hydrogen-bond donors (Lipinski definition) is 1. The Kier molecular flexibility index (Phi) is 4.84. The molecule has 3 amide bonds. The topological polar surface area (TPSA) is 119 Å². The summed E-state index contributed by atoms with van der Waals surface area (Å²) in [4.78, 5) is 48.1. The summed E-state index contributed by atoms with van der Waals surface area (Å²) >= 11 is 0. The second kappa shape index (κ2) is 7.24. The van der Waals surface area contributed by atoms with Crippen molar-refractivity contribution >= 4 is 29.1 Å². The van der Waals surface area contributed by atoms with E-state index in [2.05, 4.69) is 5.32 Å². The van der Waals surface area contributed by atoms with Gasteiger partial charge in [0.25, 0.3) is 17.5 Å². The van der Waals surface area contributed by atoms with Gasteiger partial charge in [0.05, 0.1) is 17.1 Å². The lowest BCUT2D eigenvalue weighted by molar-refractivity contribution is -0.385. The minimum Gasteiger partial charge on any atom is -0.494 e. The number of nitrogens with zero attached hydrogens (tertiary/aromatic N) is 2. The first-order chi connectivity index (χ1) is 12.9. The first-order valence-electron chi connectivity index (χ1n) is 8.08. The number of nitro benzene ring substituents is 1. The van der Waals surface area contributed by atoms with Crippen molar-refractivity contribution in [2.24, 2.45) is 0 Å². The second-order valence-corrected chi connectivity index (χ2v) is 5.66. The van der Waals surface area contributed by atoms with E-state index in [4.69, 9.17) is 4.74 Å². The van der Waals surface area contributed by atoms with Crippen molar-refractivity contribution < 1.29 is 24.0 Å². The van der Waals surface area contributed by atoms with Crippen molar-refractivity contribution in [3.63, 3.8) is 0 Å². The van der Waals surface area contributed by atoms with Crippen LogP contribution in [0.3, 0.4) is 0 Å². The molecule has 1 aliphatic heterocycles. The van der Waals surface area contributed by atoms with Gasteiger partial charge in [-0.05, 0) is 37.3 Å². The van der Waals surface area contributed by atoms with Crippen LogP contribution < -0.4 is 10.1 Å². The predicted octanol–water partition coefficient (Wildman–Crippen LogP) is 2.23. The van der Waals surface area contributed by atoms with Gasteiger partial charge >= 0.3 is 0 Å². The van der Waals surface area contributed by atoms with Crippen LogP contribution in [-0.4, -0.2) is 40.7 Å². The molecule has 1 aliphatic rings. The number of carbonyl (C=O) groups is 3. The number of rotatable bonds is 6. The lowest BCUT2D eigenvalue weighted by Crippen LogP contribution is -2.37. The fraction of sp³-hybridized carbons (Fsp3) is 0.167. The number of anilines is 1. The van der Waals surface area contributed by atoms with Crippen molar-refractivity contribution in [1.82, 2.24) is 4.90 Å². The zero-order valence-corrected chi connectivity index (χ0v) is 14.3. The summed E-state index contributed by atoms with van der Waals surface area (Å²) in [5, 5.41) is 13.7. The Bertz CT molecular complexity index is 939. The van der Waals surface area contributed by atoms with Crippen molar-refractivity contribution in [2.75, 3.05) is 18.5 Å². The Labute approximate surface area is 153 Å². The van der Waals surface area contributed by atoms with E-state index in [0.717, 1.165) is 6.07 Å². The van der Waals surface area contributed by atoms with Gasteiger partial charge in [-0.3, -0.25) is 29.4 Å². The zero-order chi connectivity index (χ0) is 19.6. The maximum atomic E-state index is 12.4. The molecule has 0 saturated carbocycles. The van der Waals surface area contributed by atoms with Crippen molar-refractivity contribution in [3.8, 4) is 5.75 Å². The molecule has 0 fully saturated rings. The van der Waals surface area contributed by atoms with E-state index in [1.54, 1.807) is 24.3 Å². The summed E-state index contributed by atoms with van der Waals surface area (Å²) < 4.78 is 5.30. The number of amides is 3. The number of nitrogens with one attached hydrogen (secondary N) is 1. The van der Waals surface area contributed by atoms with Crippen LogP contribution in [0, 0.1) is 10.1 Å². The molecule has 0 saturated heterocycles. The highest BCUT2D eigenvalue weighted by Crippen LogP contribution is 2.30. The molecule has 3 rings (SSSR count). The number of nitro groups is 1. The molecule has 0 spiro atoms.